The average molecular weight is 424 g/mol. The van der Waals surface area contributed by atoms with Gasteiger partial charge in [0.2, 0.25) is 5.91 Å². The Labute approximate surface area is 175 Å². The van der Waals surface area contributed by atoms with Crippen molar-refractivity contribution in [1.29, 1.82) is 0 Å². The van der Waals surface area contributed by atoms with Crippen molar-refractivity contribution in [2.45, 2.75) is 33.1 Å². The Kier molecular flexibility index (Phi) is 7.13. The fraction of sp³-hybridized carbons (Fsp3) is 0.650. The van der Waals surface area contributed by atoms with Crippen LogP contribution < -0.4 is 5.32 Å². The third kappa shape index (κ3) is 5.08. The molecule has 9 heteroatoms. The van der Waals surface area contributed by atoms with Gasteiger partial charge in [-0.2, -0.15) is 0 Å². The van der Waals surface area contributed by atoms with Crippen molar-refractivity contribution in [3.05, 3.63) is 16.0 Å². The minimum Gasteiger partial charge on any atom is -0.465 e. The molecule has 8 nitrogen and oxygen atoms in total. The summed E-state index contributed by atoms with van der Waals surface area (Å²) >= 11 is 1.49. The van der Waals surface area contributed by atoms with Crippen LogP contribution in [0.5, 0.6) is 0 Å². The third-order valence-corrected chi connectivity index (χ3v) is 6.59. The zero-order valence-electron chi connectivity index (χ0n) is 17.3. The second kappa shape index (κ2) is 9.58. The van der Waals surface area contributed by atoms with E-state index in [4.69, 9.17) is 9.47 Å². The first-order valence-electron chi connectivity index (χ1n) is 10.1. The lowest BCUT2D eigenvalue weighted by Gasteiger charge is -2.33. The number of carbonyl (C=O) groups is 3. The lowest BCUT2D eigenvalue weighted by molar-refractivity contribution is -0.117. The standard InChI is InChI=1S/C20H29N3O5S/c1-4-28-20(26)23-9-7-22(8-10-23)12-16(24)21-18-17(19(25)27-3)14-6-5-13(2)11-15(14)29-18/h13H,4-12H2,1-3H3,(H,21,24)/t13-/m0/s1. The van der Waals surface area contributed by atoms with E-state index in [-0.39, 0.29) is 18.5 Å². The summed E-state index contributed by atoms with van der Waals surface area (Å²) in [5.74, 6) is 0.0210. The summed E-state index contributed by atoms with van der Waals surface area (Å²) in [5, 5.41) is 3.52. The Bertz CT molecular complexity index is 770. The number of thiophene rings is 1. The van der Waals surface area contributed by atoms with Crippen LogP contribution in [0.3, 0.4) is 0 Å². The molecule has 0 radical (unpaired) electrons. The van der Waals surface area contributed by atoms with Crippen molar-refractivity contribution < 1.29 is 23.9 Å². The number of fused-ring (bicyclic) bond motifs is 1. The monoisotopic (exact) mass is 423 g/mol. The fourth-order valence-electron chi connectivity index (χ4n) is 3.83. The Morgan fingerprint density at radius 3 is 2.59 bits per heavy atom. The quantitative estimate of drug-likeness (QED) is 0.732. The number of carbonyl (C=O) groups excluding carboxylic acids is 3. The molecule has 3 rings (SSSR count). The van der Waals surface area contributed by atoms with E-state index >= 15 is 0 Å². The summed E-state index contributed by atoms with van der Waals surface area (Å²) in [6, 6.07) is 0. The molecule has 0 aromatic carbocycles. The van der Waals surface area contributed by atoms with Gasteiger partial charge in [-0.25, -0.2) is 9.59 Å². The molecule has 0 bridgehead atoms. The number of ether oxygens (including phenoxy) is 2. The molecule has 2 heterocycles. The summed E-state index contributed by atoms with van der Waals surface area (Å²) in [5.41, 5.74) is 1.54. The highest BCUT2D eigenvalue weighted by Gasteiger charge is 2.29. The van der Waals surface area contributed by atoms with Gasteiger partial charge in [0, 0.05) is 31.1 Å². The summed E-state index contributed by atoms with van der Waals surface area (Å²) in [6.45, 7) is 6.83. The molecule has 1 atom stereocenters. The van der Waals surface area contributed by atoms with Crippen molar-refractivity contribution in [3.8, 4) is 0 Å². The van der Waals surface area contributed by atoms with Gasteiger partial charge in [0.1, 0.15) is 5.00 Å². The van der Waals surface area contributed by atoms with Gasteiger partial charge in [0.15, 0.2) is 0 Å². The van der Waals surface area contributed by atoms with Gasteiger partial charge >= 0.3 is 12.1 Å². The summed E-state index contributed by atoms with van der Waals surface area (Å²) in [4.78, 5) is 41.6. The van der Waals surface area contributed by atoms with Gasteiger partial charge in [-0.05, 0) is 37.7 Å². The van der Waals surface area contributed by atoms with Gasteiger partial charge in [0.25, 0.3) is 0 Å². The third-order valence-electron chi connectivity index (χ3n) is 5.42. The van der Waals surface area contributed by atoms with Crippen molar-refractivity contribution in [2.24, 2.45) is 5.92 Å². The van der Waals surface area contributed by atoms with E-state index in [0.717, 1.165) is 24.8 Å². The van der Waals surface area contributed by atoms with E-state index in [1.54, 1.807) is 11.8 Å². The molecule has 2 aliphatic rings. The van der Waals surface area contributed by atoms with Crippen molar-refractivity contribution >= 4 is 34.3 Å². The largest absolute Gasteiger partial charge is 0.465 e. The Balaban J connectivity index is 1.61. The van der Waals surface area contributed by atoms with Crippen LogP contribution in [0, 0.1) is 5.92 Å². The van der Waals surface area contributed by atoms with Crippen molar-refractivity contribution in [2.75, 3.05) is 51.8 Å². The normalized spacial score (nSPS) is 19.4. The maximum atomic E-state index is 12.6. The Morgan fingerprint density at radius 2 is 1.93 bits per heavy atom. The second-order valence-corrected chi connectivity index (χ2v) is 8.66. The van der Waals surface area contributed by atoms with E-state index in [9.17, 15) is 14.4 Å². The first-order chi connectivity index (χ1) is 13.9. The molecule has 1 aliphatic carbocycles. The van der Waals surface area contributed by atoms with Gasteiger partial charge in [-0.15, -0.1) is 11.3 Å². The van der Waals surface area contributed by atoms with E-state index in [0.29, 0.717) is 49.3 Å². The molecule has 0 spiro atoms. The van der Waals surface area contributed by atoms with Crippen LogP contribution in [0.15, 0.2) is 0 Å². The van der Waals surface area contributed by atoms with Crippen molar-refractivity contribution in [1.82, 2.24) is 9.80 Å². The summed E-state index contributed by atoms with van der Waals surface area (Å²) in [7, 11) is 1.37. The molecule has 160 valence electrons. The van der Waals surface area contributed by atoms with Gasteiger partial charge < -0.3 is 19.7 Å². The Hall–Kier alpha value is -2.13. The molecule has 1 aliphatic heterocycles. The van der Waals surface area contributed by atoms with Crippen LogP contribution >= 0.6 is 11.3 Å². The van der Waals surface area contributed by atoms with Crippen LogP contribution in [-0.4, -0.2) is 74.2 Å². The maximum absolute atomic E-state index is 12.6. The van der Waals surface area contributed by atoms with E-state index in [1.807, 2.05) is 4.90 Å². The number of methoxy groups -OCH3 is 1. The number of piperazine rings is 1. The van der Waals surface area contributed by atoms with E-state index in [1.165, 1.54) is 23.3 Å². The lowest BCUT2D eigenvalue weighted by atomic mass is 9.88. The van der Waals surface area contributed by atoms with Gasteiger partial charge in [-0.3, -0.25) is 9.69 Å². The smallest absolute Gasteiger partial charge is 0.409 e. The first kappa shape index (κ1) is 21.6. The molecule has 1 saturated heterocycles. The maximum Gasteiger partial charge on any atom is 0.409 e. The molecule has 0 unspecified atom stereocenters. The predicted octanol–water partition coefficient (Wildman–Crippen LogP) is 2.37. The molecular formula is C20H29N3O5S. The molecule has 1 fully saturated rings. The fourth-order valence-corrected chi connectivity index (χ4v) is 5.24. The van der Waals surface area contributed by atoms with Crippen LogP contribution in [0.4, 0.5) is 9.80 Å². The molecule has 0 saturated carbocycles. The molecule has 2 amide bonds. The molecule has 1 aromatic heterocycles. The molecule has 29 heavy (non-hydrogen) atoms. The molecule has 1 N–H and O–H groups in total. The number of nitrogens with zero attached hydrogens (tertiary/aromatic N) is 2. The number of hydrogen-bond donors (Lipinski definition) is 1. The average Bonchev–Trinajstić information content (AvgIpc) is 3.04. The van der Waals surface area contributed by atoms with E-state index in [2.05, 4.69) is 12.2 Å². The highest BCUT2D eigenvalue weighted by atomic mass is 32.1. The minimum atomic E-state index is -0.393. The SMILES string of the molecule is CCOC(=O)N1CCN(CC(=O)Nc2sc3c(c2C(=O)OC)CC[C@H](C)C3)CC1. The first-order valence-corrected chi connectivity index (χ1v) is 10.9. The number of hydrogen-bond acceptors (Lipinski definition) is 7. The zero-order valence-corrected chi connectivity index (χ0v) is 18.1. The van der Waals surface area contributed by atoms with Crippen LogP contribution in [-0.2, 0) is 27.1 Å². The topological polar surface area (TPSA) is 88.2 Å². The van der Waals surface area contributed by atoms with Gasteiger partial charge in [0.05, 0.1) is 25.8 Å². The molecular weight excluding hydrogens is 394 g/mol. The summed E-state index contributed by atoms with van der Waals surface area (Å²) in [6.07, 6.45) is 2.49. The number of rotatable bonds is 5. The van der Waals surface area contributed by atoms with Gasteiger partial charge in [-0.1, -0.05) is 6.92 Å². The van der Waals surface area contributed by atoms with Crippen LogP contribution in [0.25, 0.3) is 0 Å². The number of anilines is 1. The highest BCUT2D eigenvalue weighted by Crippen LogP contribution is 2.40. The second-order valence-electron chi connectivity index (χ2n) is 7.56. The van der Waals surface area contributed by atoms with E-state index < -0.39 is 5.97 Å². The lowest BCUT2D eigenvalue weighted by Crippen LogP contribution is -2.50. The van der Waals surface area contributed by atoms with Crippen molar-refractivity contribution in [3.63, 3.8) is 0 Å². The number of esters is 1. The number of nitrogens with one attached hydrogen (secondary N) is 1. The molecule has 1 aromatic rings. The Morgan fingerprint density at radius 1 is 1.21 bits per heavy atom. The van der Waals surface area contributed by atoms with Crippen LogP contribution in [0.2, 0.25) is 0 Å². The predicted molar refractivity (Wildman–Crippen MR) is 111 cm³/mol. The van der Waals surface area contributed by atoms with Crippen LogP contribution in [0.1, 0.15) is 41.1 Å². The minimum absolute atomic E-state index is 0.161. The zero-order chi connectivity index (χ0) is 21.0. The number of amides is 2. The summed E-state index contributed by atoms with van der Waals surface area (Å²) < 4.78 is 9.99. The highest BCUT2D eigenvalue weighted by molar-refractivity contribution is 7.17.